The van der Waals surface area contributed by atoms with Crippen molar-refractivity contribution in [1.82, 2.24) is 0 Å². The molecule has 0 fully saturated rings. The number of carbonyl (C=O) groups is 1. The molecule has 0 saturated carbocycles. The highest BCUT2D eigenvalue weighted by atomic mass is 31.2. The number of halogens is 2. The van der Waals surface area contributed by atoms with Gasteiger partial charge in [0.05, 0.1) is 13.3 Å². The molecule has 2 nitrogen and oxygen atoms in total. The van der Waals surface area contributed by atoms with Gasteiger partial charge in [-0.3, -0.25) is 4.79 Å². The molecule has 0 N–H and O–H groups in total. The van der Waals surface area contributed by atoms with Crippen LogP contribution in [0.25, 0.3) is 0 Å². The first kappa shape index (κ1) is 13.8. The van der Waals surface area contributed by atoms with Crippen molar-refractivity contribution in [3.63, 3.8) is 0 Å². The second kappa shape index (κ2) is 5.01. The van der Waals surface area contributed by atoms with Crippen LogP contribution in [0, 0.1) is 0 Å². The Morgan fingerprint density at radius 1 is 1.36 bits per heavy atom. The molecule has 84 valence electrons. The lowest BCUT2D eigenvalue weighted by molar-refractivity contribution is -0.141. The molecule has 0 saturated heterocycles. The maximum absolute atomic E-state index is 13.1. The van der Waals surface area contributed by atoms with E-state index in [0.717, 1.165) is 0 Å². The van der Waals surface area contributed by atoms with Crippen molar-refractivity contribution in [1.29, 1.82) is 0 Å². The molecule has 0 aliphatic carbocycles. The molecule has 0 aliphatic heterocycles. The van der Waals surface area contributed by atoms with Gasteiger partial charge in [0, 0.05) is 6.42 Å². The Hall–Kier alpha value is -0.240. The molecule has 0 bridgehead atoms. The average Bonchev–Trinajstić information content (AvgIpc) is 1.97. The number of Topliss-reactive ketones (excluding diaryl/α,β-unsaturated/α-hetero) is 1. The molecule has 0 aromatic heterocycles. The van der Waals surface area contributed by atoms with Crippen LogP contribution in [0.1, 0.15) is 26.2 Å². The van der Waals surface area contributed by atoms with Crippen molar-refractivity contribution in [2.45, 2.75) is 32.1 Å². The van der Waals surface area contributed by atoms with Crippen molar-refractivity contribution in [2.75, 3.05) is 19.5 Å². The van der Waals surface area contributed by atoms with Gasteiger partial charge in [-0.05, 0) is 19.8 Å². The molecule has 5 heteroatoms. The van der Waals surface area contributed by atoms with Gasteiger partial charge in [0.15, 0.2) is 0 Å². The van der Waals surface area contributed by atoms with E-state index in [-0.39, 0.29) is 0 Å². The zero-order valence-electron chi connectivity index (χ0n) is 8.85. The van der Waals surface area contributed by atoms with Crippen molar-refractivity contribution < 1.29 is 18.1 Å². The number of rotatable bonds is 6. The van der Waals surface area contributed by atoms with E-state index in [9.17, 15) is 18.1 Å². The fourth-order valence-corrected chi connectivity index (χ4v) is 1.92. The summed E-state index contributed by atoms with van der Waals surface area (Å²) in [5.41, 5.74) is 0. The van der Waals surface area contributed by atoms with Crippen molar-refractivity contribution >= 4 is 12.9 Å². The number of hydrogen-bond donors (Lipinski definition) is 0. The third-order valence-corrected chi connectivity index (χ3v) is 2.83. The first-order chi connectivity index (χ1) is 6.19. The van der Waals surface area contributed by atoms with Crippen LogP contribution >= 0.6 is 7.14 Å². The summed E-state index contributed by atoms with van der Waals surface area (Å²) < 4.78 is 37.3. The van der Waals surface area contributed by atoms with Crippen LogP contribution in [0.4, 0.5) is 8.78 Å². The Balaban J connectivity index is 4.28. The summed E-state index contributed by atoms with van der Waals surface area (Å²) in [6.45, 7) is 4.48. The fraction of sp³-hybridized carbons (Fsp3) is 0.889. The lowest BCUT2D eigenvalue weighted by atomic mass is 10.1. The van der Waals surface area contributed by atoms with E-state index in [2.05, 4.69) is 0 Å². The summed E-state index contributed by atoms with van der Waals surface area (Å²) in [6, 6.07) is 0. The first-order valence-electron chi connectivity index (χ1n) is 4.64. The highest BCUT2D eigenvalue weighted by molar-refractivity contribution is 7.63. The second-order valence-corrected chi connectivity index (χ2v) is 7.43. The summed E-state index contributed by atoms with van der Waals surface area (Å²) >= 11 is 0. The summed E-state index contributed by atoms with van der Waals surface area (Å²) in [7, 11) is -2.68. The summed E-state index contributed by atoms with van der Waals surface area (Å²) in [4.78, 5) is 11.1. The highest BCUT2D eigenvalue weighted by Gasteiger charge is 2.38. The van der Waals surface area contributed by atoms with Crippen molar-refractivity contribution in [3.05, 3.63) is 0 Å². The SMILES string of the molecule is CCCCC(F)(F)C(=O)CP(C)(C)=O. The first-order valence-corrected chi connectivity index (χ1v) is 7.43. The summed E-state index contributed by atoms with van der Waals surface area (Å²) in [6.07, 6.45) is 0.0152. The predicted octanol–water partition coefficient (Wildman–Crippen LogP) is 3.00. The lowest BCUT2D eigenvalue weighted by Crippen LogP contribution is -2.31. The standard InChI is InChI=1S/C9H17F2O2P/c1-4-5-6-9(10,11)8(12)7-14(2,3)13/h4-7H2,1-3H3. The third-order valence-electron chi connectivity index (χ3n) is 1.78. The van der Waals surface area contributed by atoms with E-state index in [4.69, 9.17) is 0 Å². The van der Waals surface area contributed by atoms with Gasteiger partial charge in [-0.2, -0.15) is 8.78 Å². The minimum atomic E-state index is -3.29. The Morgan fingerprint density at radius 3 is 2.21 bits per heavy atom. The highest BCUT2D eigenvalue weighted by Crippen LogP contribution is 2.38. The van der Waals surface area contributed by atoms with Crippen LogP contribution < -0.4 is 0 Å². The summed E-state index contributed by atoms with van der Waals surface area (Å²) in [5.74, 6) is -4.48. The molecular weight excluding hydrogens is 209 g/mol. The van der Waals surface area contributed by atoms with E-state index in [1.54, 1.807) is 6.92 Å². The topological polar surface area (TPSA) is 34.1 Å². The van der Waals surface area contributed by atoms with Gasteiger partial charge in [0.25, 0.3) is 0 Å². The minimum absolute atomic E-state index is 0.316. The van der Waals surface area contributed by atoms with Gasteiger partial charge in [0.1, 0.15) is 0 Å². The maximum Gasteiger partial charge on any atom is 0.305 e. The van der Waals surface area contributed by atoms with Crippen LogP contribution in [-0.4, -0.2) is 31.2 Å². The second-order valence-electron chi connectivity index (χ2n) is 3.96. The van der Waals surface area contributed by atoms with Gasteiger partial charge in [-0.1, -0.05) is 13.3 Å². The monoisotopic (exact) mass is 226 g/mol. The van der Waals surface area contributed by atoms with Crippen molar-refractivity contribution in [3.8, 4) is 0 Å². The Kier molecular flexibility index (Phi) is 4.93. The molecule has 0 aromatic carbocycles. The molecule has 0 unspecified atom stereocenters. The zero-order valence-corrected chi connectivity index (χ0v) is 9.74. The molecule has 0 rings (SSSR count). The molecule has 0 aromatic rings. The number of carbonyl (C=O) groups excluding carboxylic acids is 1. The minimum Gasteiger partial charge on any atom is -0.324 e. The van der Waals surface area contributed by atoms with Crippen LogP contribution in [0.5, 0.6) is 0 Å². The molecule has 14 heavy (non-hydrogen) atoms. The molecule has 0 spiro atoms. The van der Waals surface area contributed by atoms with Gasteiger partial charge >= 0.3 is 5.92 Å². The van der Waals surface area contributed by atoms with Gasteiger partial charge in [0.2, 0.25) is 5.78 Å². The zero-order chi connectivity index (χ0) is 11.4. The number of ketones is 1. The molecular formula is C9H17F2O2P. The fourth-order valence-electron chi connectivity index (χ4n) is 1.000. The molecule has 0 aliphatic rings. The maximum atomic E-state index is 13.1. The predicted molar refractivity (Wildman–Crippen MR) is 53.8 cm³/mol. The van der Waals surface area contributed by atoms with E-state index in [1.165, 1.54) is 13.3 Å². The molecule has 0 heterocycles. The van der Waals surface area contributed by atoms with Crippen LogP contribution in [0.3, 0.4) is 0 Å². The number of unbranched alkanes of at least 4 members (excludes halogenated alkanes) is 1. The van der Waals surface area contributed by atoms with E-state index >= 15 is 0 Å². The summed E-state index contributed by atoms with van der Waals surface area (Å²) in [5, 5.41) is 0. The number of hydrogen-bond acceptors (Lipinski definition) is 2. The number of alkyl halides is 2. The van der Waals surface area contributed by atoms with E-state index < -0.39 is 31.4 Å². The molecule has 0 atom stereocenters. The van der Waals surface area contributed by atoms with Crippen LogP contribution in [-0.2, 0) is 9.36 Å². The van der Waals surface area contributed by atoms with E-state index in [1.807, 2.05) is 0 Å². The lowest BCUT2D eigenvalue weighted by Gasteiger charge is -2.15. The molecule has 0 amide bonds. The largest absolute Gasteiger partial charge is 0.324 e. The normalized spacial score (nSPS) is 12.9. The third kappa shape index (κ3) is 5.48. The average molecular weight is 226 g/mol. The Labute approximate surface area is 83.4 Å². The van der Waals surface area contributed by atoms with Gasteiger partial charge in [-0.15, -0.1) is 0 Å². The molecule has 0 radical (unpaired) electrons. The van der Waals surface area contributed by atoms with Gasteiger partial charge < -0.3 is 4.57 Å². The van der Waals surface area contributed by atoms with E-state index in [0.29, 0.717) is 12.8 Å². The van der Waals surface area contributed by atoms with Crippen LogP contribution in [0.2, 0.25) is 0 Å². The quantitative estimate of drug-likeness (QED) is 0.652. The Morgan fingerprint density at radius 2 is 1.86 bits per heavy atom. The Bertz CT molecular complexity index is 245. The smallest absolute Gasteiger partial charge is 0.305 e. The van der Waals surface area contributed by atoms with Gasteiger partial charge in [-0.25, -0.2) is 0 Å². The van der Waals surface area contributed by atoms with Crippen LogP contribution in [0.15, 0.2) is 0 Å². The van der Waals surface area contributed by atoms with Crippen molar-refractivity contribution in [2.24, 2.45) is 0 Å².